The Morgan fingerprint density at radius 2 is 0.867 bits per heavy atom. The highest BCUT2D eigenvalue weighted by Crippen LogP contribution is 2.49. The van der Waals surface area contributed by atoms with E-state index >= 15 is 0 Å². The van der Waals surface area contributed by atoms with E-state index in [9.17, 15) is 25.5 Å². The second kappa shape index (κ2) is 12.7. The van der Waals surface area contributed by atoms with E-state index in [1.807, 2.05) is 103 Å². The lowest BCUT2D eigenvalue weighted by Crippen LogP contribution is -2.77. The van der Waals surface area contributed by atoms with Crippen molar-refractivity contribution in [2.45, 2.75) is 54.1 Å². The minimum Gasteiger partial charge on any atom is -0.389 e. The SMILES string of the molecule is OC([C@H]1O[C@H](O)[C@@](O)(Cc2ccccc2)[C@](O)(Cc2ccccc2)[C@@H]1O)C(c1ccccc1)(c1ccccc1)c1ccccc1. The quantitative estimate of drug-likeness (QED) is 0.160. The largest absolute Gasteiger partial charge is 0.389 e. The zero-order valence-electron chi connectivity index (χ0n) is 24.8. The summed E-state index contributed by atoms with van der Waals surface area (Å²) in [6.45, 7) is 0. The first kappa shape index (κ1) is 30.9. The van der Waals surface area contributed by atoms with Gasteiger partial charge in [0.2, 0.25) is 0 Å². The molecule has 6 rings (SSSR count). The second-order valence-corrected chi connectivity index (χ2v) is 11.9. The van der Waals surface area contributed by atoms with E-state index in [4.69, 9.17) is 4.74 Å². The minimum atomic E-state index is -2.34. The van der Waals surface area contributed by atoms with Gasteiger partial charge < -0.3 is 30.3 Å². The standard InChI is InChI=1S/C39H38O6/c40-34-33(35(41)39(30-20-10-3-11-21-30,31-22-12-4-13-23-31)32-24-14-5-15-25-32)45-36(42)38(44,27-29-18-8-2-9-19-29)37(34,43)26-28-16-6-1-7-17-28/h1-25,33-36,40-44H,26-27H2/t33-,34+,35?,36-,37-,38-/m0/s1. The fraction of sp³-hybridized carbons (Fsp3) is 0.231. The predicted octanol–water partition coefficient (Wildman–Crippen LogP) is 4.41. The molecule has 1 aliphatic rings. The van der Waals surface area contributed by atoms with E-state index in [2.05, 4.69) is 0 Å². The van der Waals surface area contributed by atoms with Gasteiger partial charge in [0.25, 0.3) is 0 Å². The van der Waals surface area contributed by atoms with Gasteiger partial charge in [-0.05, 0) is 27.8 Å². The van der Waals surface area contributed by atoms with Gasteiger partial charge in [-0.3, -0.25) is 0 Å². The van der Waals surface area contributed by atoms with E-state index in [0.29, 0.717) is 11.1 Å². The molecule has 1 saturated heterocycles. The molecular weight excluding hydrogens is 564 g/mol. The molecule has 1 heterocycles. The van der Waals surface area contributed by atoms with Crippen molar-refractivity contribution in [3.05, 3.63) is 179 Å². The van der Waals surface area contributed by atoms with Gasteiger partial charge in [-0.2, -0.15) is 0 Å². The summed E-state index contributed by atoms with van der Waals surface area (Å²) in [5.74, 6) is 0. The Morgan fingerprint density at radius 1 is 0.533 bits per heavy atom. The van der Waals surface area contributed by atoms with Crippen LogP contribution < -0.4 is 0 Å². The molecule has 0 radical (unpaired) electrons. The third kappa shape index (κ3) is 5.40. The monoisotopic (exact) mass is 602 g/mol. The third-order valence-electron chi connectivity index (χ3n) is 9.32. The Labute approximate surface area is 263 Å². The van der Waals surface area contributed by atoms with Gasteiger partial charge in [0.15, 0.2) is 11.9 Å². The van der Waals surface area contributed by atoms with E-state index < -0.39 is 41.2 Å². The molecule has 1 unspecified atom stereocenters. The van der Waals surface area contributed by atoms with Crippen LogP contribution in [0.25, 0.3) is 0 Å². The average Bonchev–Trinajstić information content (AvgIpc) is 3.08. The molecule has 6 atom stereocenters. The zero-order valence-corrected chi connectivity index (χ0v) is 24.8. The molecule has 45 heavy (non-hydrogen) atoms. The topological polar surface area (TPSA) is 110 Å². The molecule has 5 aromatic carbocycles. The Bertz CT molecular complexity index is 1550. The maximum atomic E-state index is 12.7. The first-order valence-corrected chi connectivity index (χ1v) is 15.2. The van der Waals surface area contributed by atoms with Gasteiger partial charge >= 0.3 is 0 Å². The number of hydrogen-bond acceptors (Lipinski definition) is 6. The van der Waals surface area contributed by atoms with Crippen LogP contribution in [0.2, 0.25) is 0 Å². The van der Waals surface area contributed by atoms with Crippen LogP contribution in [-0.4, -0.2) is 61.3 Å². The average molecular weight is 603 g/mol. The lowest BCUT2D eigenvalue weighted by molar-refractivity contribution is -0.372. The molecule has 6 nitrogen and oxygen atoms in total. The molecule has 0 aromatic heterocycles. The first-order chi connectivity index (χ1) is 21.8. The van der Waals surface area contributed by atoms with Crippen LogP contribution in [0.1, 0.15) is 27.8 Å². The normalized spacial score (nSPS) is 25.8. The zero-order chi connectivity index (χ0) is 31.5. The van der Waals surface area contributed by atoms with Crippen molar-refractivity contribution >= 4 is 0 Å². The van der Waals surface area contributed by atoms with Crippen molar-refractivity contribution in [1.29, 1.82) is 0 Å². The number of aliphatic hydroxyl groups excluding tert-OH is 3. The number of hydrogen-bond donors (Lipinski definition) is 5. The van der Waals surface area contributed by atoms with Crippen molar-refractivity contribution in [3.8, 4) is 0 Å². The minimum absolute atomic E-state index is 0.209. The van der Waals surface area contributed by atoms with Crippen molar-refractivity contribution in [1.82, 2.24) is 0 Å². The van der Waals surface area contributed by atoms with Crippen LogP contribution in [0.15, 0.2) is 152 Å². The fourth-order valence-electron chi connectivity index (χ4n) is 7.00. The summed E-state index contributed by atoms with van der Waals surface area (Å²) in [7, 11) is 0. The summed E-state index contributed by atoms with van der Waals surface area (Å²) in [5, 5.41) is 61.4. The molecule has 0 bridgehead atoms. The third-order valence-corrected chi connectivity index (χ3v) is 9.32. The van der Waals surface area contributed by atoms with Crippen LogP contribution in [0, 0.1) is 0 Å². The highest BCUT2D eigenvalue weighted by Gasteiger charge is 2.67. The van der Waals surface area contributed by atoms with Crippen LogP contribution in [0.4, 0.5) is 0 Å². The number of aliphatic hydroxyl groups is 5. The summed E-state index contributed by atoms with van der Waals surface area (Å²) in [4.78, 5) is 0. The molecule has 0 saturated carbocycles. The lowest BCUT2D eigenvalue weighted by Gasteiger charge is -2.57. The van der Waals surface area contributed by atoms with Crippen molar-refractivity contribution in [2.24, 2.45) is 0 Å². The van der Waals surface area contributed by atoms with Gasteiger partial charge in [0, 0.05) is 12.8 Å². The van der Waals surface area contributed by atoms with E-state index in [1.54, 1.807) is 48.5 Å². The van der Waals surface area contributed by atoms with Gasteiger partial charge in [0.05, 0.1) is 5.41 Å². The first-order valence-electron chi connectivity index (χ1n) is 15.2. The molecule has 1 fully saturated rings. The Morgan fingerprint density at radius 3 is 1.24 bits per heavy atom. The second-order valence-electron chi connectivity index (χ2n) is 11.9. The molecule has 230 valence electrons. The summed E-state index contributed by atoms with van der Waals surface area (Å²) in [5.41, 5.74) is -2.57. The molecule has 5 N–H and O–H groups in total. The van der Waals surface area contributed by atoms with Gasteiger partial charge in [0.1, 0.15) is 23.9 Å². The van der Waals surface area contributed by atoms with Gasteiger partial charge in [-0.25, -0.2) is 0 Å². The maximum Gasteiger partial charge on any atom is 0.187 e. The van der Waals surface area contributed by atoms with Crippen molar-refractivity contribution in [2.75, 3.05) is 0 Å². The Hall–Kier alpha value is -4.14. The summed E-state index contributed by atoms with van der Waals surface area (Å²) >= 11 is 0. The van der Waals surface area contributed by atoms with Gasteiger partial charge in [-0.1, -0.05) is 152 Å². The van der Waals surface area contributed by atoms with Crippen molar-refractivity contribution < 1.29 is 30.3 Å². The number of ether oxygens (including phenoxy) is 1. The molecule has 5 aromatic rings. The van der Waals surface area contributed by atoms with E-state index in [0.717, 1.165) is 16.7 Å². The number of rotatable bonds is 9. The summed E-state index contributed by atoms with van der Waals surface area (Å²) in [6, 6.07) is 46.2. The Kier molecular flexibility index (Phi) is 8.71. The fourth-order valence-corrected chi connectivity index (χ4v) is 7.00. The maximum absolute atomic E-state index is 12.7. The molecular formula is C39H38O6. The van der Waals surface area contributed by atoms with Crippen LogP contribution in [0.5, 0.6) is 0 Å². The summed E-state index contributed by atoms with van der Waals surface area (Å²) in [6.07, 6.45) is -7.30. The summed E-state index contributed by atoms with van der Waals surface area (Å²) < 4.78 is 6.10. The lowest BCUT2D eigenvalue weighted by atomic mass is 9.61. The van der Waals surface area contributed by atoms with Crippen LogP contribution in [0.3, 0.4) is 0 Å². The van der Waals surface area contributed by atoms with Gasteiger partial charge in [-0.15, -0.1) is 0 Å². The van der Waals surface area contributed by atoms with Crippen LogP contribution >= 0.6 is 0 Å². The highest BCUT2D eigenvalue weighted by molar-refractivity contribution is 5.52. The Balaban J connectivity index is 1.53. The smallest absolute Gasteiger partial charge is 0.187 e. The number of benzene rings is 5. The van der Waals surface area contributed by atoms with Crippen molar-refractivity contribution in [3.63, 3.8) is 0 Å². The molecule has 6 heteroatoms. The highest BCUT2D eigenvalue weighted by atomic mass is 16.6. The predicted molar refractivity (Wildman–Crippen MR) is 172 cm³/mol. The molecule has 0 aliphatic carbocycles. The van der Waals surface area contributed by atoms with E-state index in [-0.39, 0.29) is 12.8 Å². The molecule has 0 spiro atoms. The molecule has 0 amide bonds. The van der Waals surface area contributed by atoms with Crippen LogP contribution in [-0.2, 0) is 23.0 Å². The van der Waals surface area contributed by atoms with E-state index in [1.165, 1.54) is 0 Å². The molecule has 1 aliphatic heterocycles.